The molecule has 2 fully saturated rings. The molecule has 1 aromatic carbocycles. The van der Waals surface area contributed by atoms with Crippen LogP contribution >= 0.6 is 0 Å². The predicted molar refractivity (Wildman–Crippen MR) is 111 cm³/mol. The quantitative estimate of drug-likeness (QED) is 0.635. The third-order valence-corrected chi connectivity index (χ3v) is 5.98. The van der Waals surface area contributed by atoms with Crippen LogP contribution in [0.4, 0.5) is 14.7 Å². The SMILES string of the molecule is Cc1nc2nc(N3CCO[C@@H]([C@H]4CCOC4)C3)nc(-c3ccc(F)cc3F)c2nc1C. The van der Waals surface area contributed by atoms with Crippen LogP contribution in [0.2, 0.25) is 0 Å². The molecule has 2 atom stereocenters. The number of fused-ring (bicyclic) bond motifs is 1. The topological polar surface area (TPSA) is 73.3 Å². The van der Waals surface area contributed by atoms with Crippen molar-refractivity contribution in [1.29, 1.82) is 0 Å². The summed E-state index contributed by atoms with van der Waals surface area (Å²) in [6.45, 7) is 6.89. The van der Waals surface area contributed by atoms with Gasteiger partial charge in [0.15, 0.2) is 5.65 Å². The first-order valence-corrected chi connectivity index (χ1v) is 10.4. The predicted octanol–water partition coefficient (Wildman–Crippen LogP) is 3.22. The molecular weight excluding hydrogens is 404 g/mol. The van der Waals surface area contributed by atoms with Crippen LogP contribution in [-0.2, 0) is 9.47 Å². The van der Waals surface area contributed by atoms with Crippen LogP contribution in [0.3, 0.4) is 0 Å². The van der Waals surface area contributed by atoms with E-state index in [4.69, 9.17) is 9.47 Å². The number of hydrogen-bond acceptors (Lipinski definition) is 7. The third-order valence-electron chi connectivity index (χ3n) is 5.98. The van der Waals surface area contributed by atoms with E-state index in [2.05, 4.69) is 19.9 Å². The van der Waals surface area contributed by atoms with Crippen molar-refractivity contribution in [1.82, 2.24) is 19.9 Å². The van der Waals surface area contributed by atoms with Crippen molar-refractivity contribution < 1.29 is 18.3 Å². The van der Waals surface area contributed by atoms with Crippen molar-refractivity contribution in [2.75, 3.05) is 37.8 Å². The summed E-state index contributed by atoms with van der Waals surface area (Å²) in [5, 5.41) is 0. The lowest BCUT2D eigenvalue weighted by molar-refractivity contribution is -0.00167. The monoisotopic (exact) mass is 427 g/mol. The zero-order chi connectivity index (χ0) is 21.5. The van der Waals surface area contributed by atoms with Crippen LogP contribution < -0.4 is 4.90 Å². The van der Waals surface area contributed by atoms with E-state index < -0.39 is 11.6 Å². The average molecular weight is 427 g/mol. The Kier molecular flexibility index (Phi) is 5.23. The number of rotatable bonds is 3. The molecule has 5 rings (SSSR count). The molecule has 0 spiro atoms. The van der Waals surface area contributed by atoms with E-state index in [0.717, 1.165) is 24.8 Å². The van der Waals surface area contributed by atoms with E-state index in [1.54, 1.807) is 0 Å². The Hall–Kier alpha value is -2.78. The molecule has 0 N–H and O–H groups in total. The summed E-state index contributed by atoms with van der Waals surface area (Å²) in [7, 11) is 0. The van der Waals surface area contributed by atoms with E-state index in [1.807, 2.05) is 18.7 Å². The molecule has 0 unspecified atom stereocenters. The molecule has 2 saturated heterocycles. The zero-order valence-corrected chi connectivity index (χ0v) is 17.4. The number of halogens is 2. The number of hydrogen-bond donors (Lipinski definition) is 0. The van der Waals surface area contributed by atoms with E-state index in [0.29, 0.717) is 60.7 Å². The molecular formula is C22H23F2N5O2. The maximum atomic E-state index is 14.7. The summed E-state index contributed by atoms with van der Waals surface area (Å²) < 4.78 is 39.7. The Bertz CT molecular complexity index is 1140. The molecule has 0 amide bonds. The van der Waals surface area contributed by atoms with Gasteiger partial charge in [-0.3, -0.25) is 0 Å². The highest BCUT2D eigenvalue weighted by Crippen LogP contribution is 2.31. The summed E-state index contributed by atoms with van der Waals surface area (Å²) >= 11 is 0. The fourth-order valence-electron chi connectivity index (χ4n) is 4.10. The first kappa shape index (κ1) is 20.1. The summed E-state index contributed by atoms with van der Waals surface area (Å²) in [5.41, 5.74) is 2.71. The van der Waals surface area contributed by atoms with Gasteiger partial charge < -0.3 is 14.4 Å². The number of benzene rings is 1. The van der Waals surface area contributed by atoms with Gasteiger partial charge in [-0.25, -0.2) is 23.7 Å². The van der Waals surface area contributed by atoms with Crippen molar-refractivity contribution in [3.63, 3.8) is 0 Å². The fourth-order valence-corrected chi connectivity index (χ4v) is 4.10. The Labute approximate surface area is 178 Å². The largest absolute Gasteiger partial charge is 0.381 e. The van der Waals surface area contributed by atoms with Gasteiger partial charge in [-0.05, 0) is 32.4 Å². The van der Waals surface area contributed by atoms with Gasteiger partial charge in [0.25, 0.3) is 0 Å². The summed E-state index contributed by atoms with van der Waals surface area (Å²) in [4.78, 5) is 20.5. The van der Waals surface area contributed by atoms with Gasteiger partial charge in [-0.1, -0.05) is 0 Å². The smallest absolute Gasteiger partial charge is 0.228 e. The highest BCUT2D eigenvalue weighted by atomic mass is 19.1. The molecule has 2 aliphatic heterocycles. The van der Waals surface area contributed by atoms with Crippen LogP contribution in [-0.4, -0.2) is 59.0 Å². The lowest BCUT2D eigenvalue weighted by Crippen LogP contribution is -2.46. The van der Waals surface area contributed by atoms with Gasteiger partial charge in [-0.2, -0.15) is 4.98 Å². The second-order valence-corrected chi connectivity index (χ2v) is 8.04. The average Bonchev–Trinajstić information content (AvgIpc) is 3.29. The molecule has 162 valence electrons. The normalized spacial score (nSPS) is 21.7. The minimum atomic E-state index is -0.700. The van der Waals surface area contributed by atoms with Crippen molar-refractivity contribution in [2.45, 2.75) is 26.4 Å². The molecule has 0 saturated carbocycles. The van der Waals surface area contributed by atoms with Gasteiger partial charge in [0, 0.05) is 37.2 Å². The lowest BCUT2D eigenvalue weighted by Gasteiger charge is -2.35. The van der Waals surface area contributed by atoms with Crippen LogP contribution in [0, 0.1) is 31.4 Å². The lowest BCUT2D eigenvalue weighted by atomic mass is 10.0. The summed E-state index contributed by atoms with van der Waals surface area (Å²) in [6, 6.07) is 3.44. The number of morpholine rings is 1. The van der Waals surface area contributed by atoms with Crippen LogP contribution in [0.25, 0.3) is 22.4 Å². The number of aryl methyl sites for hydroxylation is 2. The summed E-state index contributed by atoms with van der Waals surface area (Å²) in [6.07, 6.45) is 0.986. The Balaban J connectivity index is 1.61. The van der Waals surface area contributed by atoms with Crippen molar-refractivity contribution in [3.05, 3.63) is 41.2 Å². The molecule has 31 heavy (non-hydrogen) atoms. The molecule has 2 aromatic heterocycles. The number of aromatic nitrogens is 4. The van der Waals surface area contributed by atoms with Gasteiger partial charge in [0.1, 0.15) is 22.8 Å². The van der Waals surface area contributed by atoms with E-state index in [-0.39, 0.29) is 11.7 Å². The highest BCUT2D eigenvalue weighted by molar-refractivity contribution is 5.88. The summed E-state index contributed by atoms with van der Waals surface area (Å²) in [5.74, 6) is -0.570. The van der Waals surface area contributed by atoms with Gasteiger partial charge in [0.05, 0.1) is 30.7 Å². The minimum absolute atomic E-state index is 0.0207. The minimum Gasteiger partial charge on any atom is -0.381 e. The van der Waals surface area contributed by atoms with Crippen LogP contribution in [0.15, 0.2) is 18.2 Å². The van der Waals surface area contributed by atoms with Gasteiger partial charge >= 0.3 is 0 Å². The first-order chi connectivity index (χ1) is 15.0. The number of anilines is 1. The number of nitrogens with zero attached hydrogens (tertiary/aromatic N) is 5. The maximum absolute atomic E-state index is 14.7. The number of ether oxygens (including phenoxy) is 2. The van der Waals surface area contributed by atoms with E-state index >= 15 is 0 Å². The van der Waals surface area contributed by atoms with E-state index in [9.17, 15) is 8.78 Å². The van der Waals surface area contributed by atoms with Crippen LogP contribution in [0.1, 0.15) is 17.8 Å². The van der Waals surface area contributed by atoms with Crippen LogP contribution in [0.5, 0.6) is 0 Å². The molecule has 7 nitrogen and oxygen atoms in total. The van der Waals surface area contributed by atoms with Gasteiger partial charge in [0.2, 0.25) is 5.95 Å². The molecule has 3 aromatic rings. The molecule has 9 heteroatoms. The second-order valence-electron chi connectivity index (χ2n) is 8.04. The van der Waals surface area contributed by atoms with Crippen molar-refractivity contribution in [3.8, 4) is 11.3 Å². The van der Waals surface area contributed by atoms with Gasteiger partial charge in [-0.15, -0.1) is 0 Å². The Morgan fingerprint density at radius 2 is 1.87 bits per heavy atom. The molecule has 0 radical (unpaired) electrons. The molecule has 4 heterocycles. The standard InChI is InChI=1S/C22H23F2N5O2/c1-12-13(2)26-21-20(25-12)19(16-4-3-15(23)9-17(16)24)27-22(28-21)29-6-8-31-18(10-29)14-5-7-30-11-14/h3-4,9,14,18H,5-8,10-11H2,1-2H3/t14-,18+/m0/s1. The zero-order valence-electron chi connectivity index (χ0n) is 17.4. The first-order valence-electron chi connectivity index (χ1n) is 10.4. The second kappa shape index (κ2) is 8.05. The molecule has 2 aliphatic rings. The highest BCUT2D eigenvalue weighted by Gasteiger charge is 2.32. The van der Waals surface area contributed by atoms with Crippen molar-refractivity contribution >= 4 is 17.1 Å². The molecule has 0 aliphatic carbocycles. The maximum Gasteiger partial charge on any atom is 0.228 e. The van der Waals surface area contributed by atoms with Crippen molar-refractivity contribution in [2.24, 2.45) is 5.92 Å². The molecule has 0 bridgehead atoms. The Morgan fingerprint density at radius 3 is 2.65 bits per heavy atom. The Morgan fingerprint density at radius 1 is 1.03 bits per heavy atom. The van der Waals surface area contributed by atoms with E-state index in [1.165, 1.54) is 12.1 Å². The fraction of sp³-hybridized carbons (Fsp3) is 0.455. The third kappa shape index (κ3) is 3.83.